The van der Waals surface area contributed by atoms with Crippen LogP contribution in [0.2, 0.25) is 10.0 Å². The van der Waals surface area contributed by atoms with Gasteiger partial charge < -0.3 is 15.3 Å². The van der Waals surface area contributed by atoms with Crippen molar-refractivity contribution >= 4 is 29.1 Å². The number of carbonyl (C=O) groups is 1. The molecule has 0 radical (unpaired) electrons. The monoisotopic (exact) mass is 314 g/mol. The molecule has 2 aliphatic rings. The lowest BCUT2D eigenvalue weighted by Crippen LogP contribution is -2.57. The Morgan fingerprint density at radius 2 is 2.10 bits per heavy atom. The van der Waals surface area contributed by atoms with E-state index in [1.807, 2.05) is 4.90 Å². The molecule has 4 nitrogen and oxygen atoms in total. The van der Waals surface area contributed by atoms with E-state index in [9.17, 15) is 9.90 Å². The van der Waals surface area contributed by atoms with Gasteiger partial charge in [0.1, 0.15) is 5.75 Å². The minimum Gasteiger partial charge on any atom is -0.508 e. The average Bonchev–Trinajstić information content (AvgIpc) is 2.44. The number of rotatable bonds is 1. The summed E-state index contributed by atoms with van der Waals surface area (Å²) in [5.74, 6) is 0.313. The number of piperidine rings is 1. The largest absolute Gasteiger partial charge is 0.508 e. The van der Waals surface area contributed by atoms with E-state index < -0.39 is 0 Å². The highest BCUT2D eigenvalue weighted by atomic mass is 35.5. The smallest absolute Gasteiger partial charge is 0.236 e. The van der Waals surface area contributed by atoms with Gasteiger partial charge in [-0.2, -0.15) is 0 Å². The second-order valence-corrected chi connectivity index (χ2v) is 6.18. The number of aromatic hydroxyl groups is 1. The first-order valence-corrected chi connectivity index (χ1v) is 7.50. The number of phenolic OH excluding ortho intramolecular Hbond substituents is 1. The van der Waals surface area contributed by atoms with Gasteiger partial charge in [-0.05, 0) is 25.0 Å². The van der Waals surface area contributed by atoms with Gasteiger partial charge in [0.15, 0.2) is 0 Å². The molecule has 0 spiro atoms. The van der Waals surface area contributed by atoms with E-state index in [1.165, 1.54) is 0 Å². The Labute approximate surface area is 127 Å². The molecular weight excluding hydrogens is 299 g/mol. The van der Waals surface area contributed by atoms with Crippen molar-refractivity contribution in [1.82, 2.24) is 10.2 Å². The molecule has 6 heteroatoms. The summed E-state index contributed by atoms with van der Waals surface area (Å²) < 4.78 is 0. The first kappa shape index (κ1) is 14.0. The van der Waals surface area contributed by atoms with Crippen LogP contribution in [0, 0.1) is 0 Å². The predicted octanol–water partition coefficient (Wildman–Crippen LogP) is 2.38. The topological polar surface area (TPSA) is 52.6 Å². The van der Waals surface area contributed by atoms with E-state index in [2.05, 4.69) is 5.32 Å². The summed E-state index contributed by atoms with van der Waals surface area (Å²) in [6.07, 6.45) is 1.80. The van der Waals surface area contributed by atoms with Crippen LogP contribution in [0.25, 0.3) is 0 Å². The lowest BCUT2D eigenvalue weighted by atomic mass is 9.86. The molecule has 3 rings (SSSR count). The van der Waals surface area contributed by atoms with Crippen LogP contribution in [0.15, 0.2) is 12.1 Å². The second-order valence-electron chi connectivity index (χ2n) is 5.40. The zero-order chi connectivity index (χ0) is 14.3. The molecule has 2 atom stereocenters. The highest BCUT2D eigenvalue weighted by Crippen LogP contribution is 2.42. The van der Waals surface area contributed by atoms with Crippen LogP contribution in [-0.2, 0) is 4.79 Å². The Kier molecular flexibility index (Phi) is 3.80. The van der Waals surface area contributed by atoms with E-state index in [-0.39, 0.29) is 23.6 Å². The van der Waals surface area contributed by atoms with Gasteiger partial charge in [0.25, 0.3) is 0 Å². The van der Waals surface area contributed by atoms with Gasteiger partial charge >= 0.3 is 0 Å². The van der Waals surface area contributed by atoms with Crippen molar-refractivity contribution in [2.75, 3.05) is 19.6 Å². The lowest BCUT2D eigenvalue weighted by molar-refractivity contribution is -0.136. The number of halogens is 2. The third kappa shape index (κ3) is 2.36. The summed E-state index contributed by atoms with van der Waals surface area (Å²) in [4.78, 5) is 13.9. The molecule has 1 amide bonds. The molecule has 0 bridgehead atoms. The van der Waals surface area contributed by atoms with E-state index in [1.54, 1.807) is 12.1 Å². The number of piperazine rings is 1. The maximum absolute atomic E-state index is 12.0. The van der Waals surface area contributed by atoms with Gasteiger partial charge in [-0.3, -0.25) is 4.79 Å². The average molecular weight is 315 g/mol. The molecule has 1 aromatic carbocycles. The maximum atomic E-state index is 12.0. The first-order valence-electron chi connectivity index (χ1n) is 6.75. The minimum atomic E-state index is 0.0412. The van der Waals surface area contributed by atoms with E-state index in [4.69, 9.17) is 23.2 Å². The zero-order valence-corrected chi connectivity index (χ0v) is 12.4. The number of hydrogen-bond acceptors (Lipinski definition) is 3. The fourth-order valence-electron chi connectivity index (χ4n) is 3.17. The van der Waals surface area contributed by atoms with Crippen LogP contribution in [0.3, 0.4) is 0 Å². The van der Waals surface area contributed by atoms with Gasteiger partial charge in [-0.1, -0.05) is 23.2 Å². The van der Waals surface area contributed by atoms with E-state index in [0.29, 0.717) is 28.7 Å². The fraction of sp³-hybridized carbons (Fsp3) is 0.500. The van der Waals surface area contributed by atoms with Crippen molar-refractivity contribution in [3.8, 4) is 5.75 Å². The first-order chi connectivity index (χ1) is 9.58. The molecule has 0 aromatic heterocycles. The molecule has 0 aliphatic carbocycles. The van der Waals surface area contributed by atoms with Gasteiger partial charge in [0, 0.05) is 30.6 Å². The van der Waals surface area contributed by atoms with Crippen molar-refractivity contribution in [2.24, 2.45) is 0 Å². The number of hydrogen-bond donors (Lipinski definition) is 2. The van der Waals surface area contributed by atoms with Crippen molar-refractivity contribution in [1.29, 1.82) is 0 Å². The number of carbonyl (C=O) groups excluding carboxylic acids is 1. The lowest BCUT2D eigenvalue weighted by Gasteiger charge is -2.43. The highest BCUT2D eigenvalue weighted by molar-refractivity contribution is 6.42. The van der Waals surface area contributed by atoms with E-state index >= 15 is 0 Å². The van der Waals surface area contributed by atoms with Crippen molar-refractivity contribution in [3.63, 3.8) is 0 Å². The number of nitrogens with one attached hydrogen (secondary N) is 1. The molecular formula is C14H16Cl2N2O2. The third-order valence-electron chi connectivity index (χ3n) is 4.20. The third-order valence-corrected chi connectivity index (χ3v) is 5.02. The van der Waals surface area contributed by atoms with Gasteiger partial charge in [0.2, 0.25) is 5.91 Å². The summed E-state index contributed by atoms with van der Waals surface area (Å²) in [6, 6.07) is 3.41. The molecule has 2 saturated heterocycles. The van der Waals surface area contributed by atoms with Crippen molar-refractivity contribution in [2.45, 2.75) is 24.8 Å². The molecule has 2 N–H and O–H groups in total. The van der Waals surface area contributed by atoms with Crippen LogP contribution in [0.5, 0.6) is 5.75 Å². The summed E-state index contributed by atoms with van der Waals surface area (Å²) in [5, 5.41) is 14.0. The standard InChI is InChI=1S/C14H16Cl2N2O2/c15-10-3-4-11(19)13(14(10)16)8-1-2-9-5-17-6-12(20)18(9)7-8/h3-4,8-9,17,19H,1-2,5-7H2. The summed E-state index contributed by atoms with van der Waals surface area (Å²) in [7, 11) is 0. The van der Waals surface area contributed by atoms with Crippen LogP contribution >= 0.6 is 23.2 Å². The van der Waals surface area contributed by atoms with Crippen LogP contribution in [0.4, 0.5) is 0 Å². The second kappa shape index (κ2) is 5.43. The van der Waals surface area contributed by atoms with Crippen LogP contribution in [-0.4, -0.2) is 41.6 Å². The number of phenols is 1. The Morgan fingerprint density at radius 1 is 1.30 bits per heavy atom. The maximum Gasteiger partial charge on any atom is 0.236 e. The molecule has 2 aliphatic heterocycles. The Morgan fingerprint density at radius 3 is 2.90 bits per heavy atom. The van der Waals surface area contributed by atoms with Crippen LogP contribution < -0.4 is 5.32 Å². The minimum absolute atomic E-state index is 0.0412. The Balaban J connectivity index is 1.89. The van der Waals surface area contributed by atoms with Gasteiger partial charge in [-0.25, -0.2) is 0 Å². The molecule has 1 aromatic rings. The fourth-order valence-corrected chi connectivity index (χ4v) is 3.65. The summed E-state index contributed by atoms with van der Waals surface area (Å²) in [6.45, 7) is 1.82. The van der Waals surface area contributed by atoms with Crippen LogP contribution in [0.1, 0.15) is 24.3 Å². The SMILES string of the molecule is O=C1CNCC2CCC(c3c(O)ccc(Cl)c3Cl)CN12. The molecule has 2 heterocycles. The number of amides is 1. The normalized spacial score (nSPS) is 26.5. The zero-order valence-electron chi connectivity index (χ0n) is 10.9. The van der Waals surface area contributed by atoms with Crippen molar-refractivity contribution in [3.05, 3.63) is 27.7 Å². The highest BCUT2D eigenvalue weighted by Gasteiger charge is 2.36. The molecule has 20 heavy (non-hydrogen) atoms. The number of nitrogens with zero attached hydrogens (tertiary/aromatic N) is 1. The van der Waals surface area contributed by atoms with Gasteiger partial charge in [-0.15, -0.1) is 0 Å². The Hall–Kier alpha value is -0.970. The quantitative estimate of drug-likeness (QED) is 0.836. The molecule has 108 valence electrons. The van der Waals surface area contributed by atoms with Crippen molar-refractivity contribution < 1.29 is 9.90 Å². The Bertz CT molecular complexity index is 550. The molecule has 0 saturated carbocycles. The molecule has 2 unspecified atom stereocenters. The summed E-state index contributed by atoms with van der Waals surface area (Å²) >= 11 is 12.3. The molecule has 2 fully saturated rings. The van der Waals surface area contributed by atoms with E-state index in [0.717, 1.165) is 19.4 Å². The predicted molar refractivity (Wildman–Crippen MR) is 78.5 cm³/mol. The summed E-state index contributed by atoms with van der Waals surface area (Å²) in [5.41, 5.74) is 0.670. The number of fused-ring (bicyclic) bond motifs is 1. The van der Waals surface area contributed by atoms with Gasteiger partial charge in [0.05, 0.1) is 16.6 Å². The number of benzene rings is 1.